The predicted octanol–water partition coefficient (Wildman–Crippen LogP) is 4.31. The second-order valence-electron chi connectivity index (χ2n) is 6.99. The zero-order chi connectivity index (χ0) is 23.6. The van der Waals surface area contributed by atoms with E-state index in [4.69, 9.17) is 4.74 Å². The van der Waals surface area contributed by atoms with Gasteiger partial charge in [-0.2, -0.15) is 18.3 Å². The molecule has 3 rings (SSSR count). The van der Waals surface area contributed by atoms with Gasteiger partial charge in [0.2, 0.25) is 0 Å². The number of aryl methyl sites for hydroxylation is 2. The van der Waals surface area contributed by atoms with E-state index in [1.807, 2.05) is 6.92 Å². The average Bonchev–Trinajstić information content (AvgIpc) is 2.98. The summed E-state index contributed by atoms with van der Waals surface area (Å²) in [6, 6.07) is 5.86. The summed E-state index contributed by atoms with van der Waals surface area (Å²) >= 11 is 0. The van der Waals surface area contributed by atoms with Crippen molar-refractivity contribution in [1.82, 2.24) is 20.1 Å². The van der Waals surface area contributed by atoms with Gasteiger partial charge in [0.15, 0.2) is 0 Å². The Morgan fingerprint density at radius 3 is 2.44 bits per heavy atom. The van der Waals surface area contributed by atoms with Crippen LogP contribution in [0.4, 0.5) is 36.1 Å². The van der Waals surface area contributed by atoms with Crippen LogP contribution in [0.2, 0.25) is 0 Å². The Labute approximate surface area is 182 Å². The lowest BCUT2D eigenvalue weighted by Crippen LogP contribution is -2.20. The molecule has 0 atom stereocenters. The number of benzene rings is 1. The van der Waals surface area contributed by atoms with Gasteiger partial charge in [0.25, 0.3) is 5.91 Å². The van der Waals surface area contributed by atoms with Crippen LogP contribution in [0, 0.1) is 13.8 Å². The fraction of sp³-hybridized carbons (Fsp3) is 0.286. The van der Waals surface area contributed by atoms with Crippen molar-refractivity contribution in [1.29, 1.82) is 0 Å². The van der Waals surface area contributed by atoms with E-state index in [0.717, 1.165) is 11.9 Å². The molecule has 0 radical (unpaired) electrons. The third kappa shape index (κ3) is 4.46. The summed E-state index contributed by atoms with van der Waals surface area (Å²) in [6.45, 7) is 3.61. The quantitative estimate of drug-likeness (QED) is 0.521. The van der Waals surface area contributed by atoms with Crippen molar-refractivity contribution in [2.75, 3.05) is 24.8 Å². The number of carbonyl (C=O) groups excluding carboxylic acids is 1. The fourth-order valence-electron chi connectivity index (χ4n) is 3.25. The maximum Gasteiger partial charge on any atom is 0.419 e. The molecular formula is C21H23F3N6O2. The van der Waals surface area contributed by atoms with E-state index in [-0.39, 0.29) is 28.5 Å². The molecular weight excluding hydrogens is 425 g/mol. The molecule has 0 aliphatic rings. The number of ether oxygens (including phenoxy) is 1. The number of carbonyl (C=O) groups is 1. The first-order chi connectivity index (χ1) is 15.1. The van der Waals surface area contributed by atoms with Gasteiger partial charge in [-0.1, -0.05) is 6.07 Å². The second-order valence-corrected chi connectivity index (χ2v) is 6.99. The molecule has 1 aromatic carbocycles. The van der Waals surface area contributed by atoms with Gasteiger partial charge in [-0.3, -0.25) is 9.48 Å². The summed E-state index contributed by atoms with van der Waals surface area (Å²) in [4.78, 5) is 16.3. The van der Waals surface area contributed by atoms with Crippen LogP contribution < -0.4 is 20.7 Å². The van der Waals surface area contributed by atoms with Crippen LogP contribution in [0.15, 0.2) is 30.5 Å². The van der Waals surface area contributed by atoms with Crippen LogP contribution in [0.5, 0.6) is 5.75 Å². The molecule has 2 heterocycles. The number of alkyl halides is 3. The highest BCUT2D eigenvalue weighted by molar-refractivity contribution is 6.03. The van der Waals surface area contributed by atoms with Gasteiger partial charge in [-0.15, -0.1) is 0 Å². The van der Waals surface area contributed by atoms with E-state index >= 15 is 0 Å². The van der Waals surface area contributed by atoms with E-state index in [2.05, 4.69) is 26.0 Å². The van der Waals surface area contributed by atoms with E-state index in [1.54, 1.807) is 30.8 Å². The minimum Gasteiger partial charge on any atom is -0.496 e. The summed E-state index contributed by atoms with van der Waals surface area (Å²) in [6.07, 6.45) is -3.93. The van der Waals surface area contributed by atoms with Crippen molar-refractivity contribution in [3.63, 3.8) is 0 Å². The van der Waals surface area contributed by atoms with Crippen LogP contribution in [-0.4, -0.2) is 34.8 Å². The van der Waals surface area contributed by atoms with Gasteiger partial charge in [0, 0.05) is 26.4 Å². The minimum absolute atomic E-state index is 0.0795. The van der Waals surface area contributed by atoms with E-state index in [0.29, 0.717) is 11.4 Å². The van der Waals surface area contributed by atoms with Gasteiger partial charge in [-0.05, 0) is 26.0 Å². The molecule has 0 fully saturated rings. The van der Waals surface area contributed by atoms with Crippen LogP contribution >= 0.6 is 0 Å². The largest absolute Gasteiger partial charge is 0.496 e. The molecule has 8 nitrogen and oxygen atoms in total. The third-order valence-electron chi connectivity index (χ3n) is 4.94. The minimum atomic E-state index is -4.67. The number of hydrogen-bond donors (Lipinski definition) is 3. The number of aromatic nitrogens is 3. The van der Waals surface area contributed by atoms with Crippen LogP contribution in [0.1, 0.15) is 27.3 Å². The molecule has 32 heavy (non-hydrogen) atoms. The average molecular weight is 448 g/mol. The van der Waals surface area contributed by atoms with Crippen molar-refractivity contribution in [3.8, 4) is 5.75 Å². The van der Waals surface area contributed by atoms with Crippen LogP contribution in [0.3, 0.4) is 0 Å². The molecule has 0 saturated carbocycles. The highest BCUT2D eigenvalue weighted by atomic mass is 19.4. The summed E-state index contributed by atoms with van der Waals surface area (Å²) in [7, 11) is 4.57. The Hall–Kier alpha value is -3.76. The number of nitrogens with one attached hydrogen (secondary N) is 3. The highest BCUT2D eigenvalue weighted by Crippen LogP contribution is 2.39. The molecule has 0 aliphatic carbocycles. The number of halogens is 3. The molecule has 0 spiro atoms. The molecule has 1 amide bonds. The molecule has 0 bridgehead atoms. The SMILES string of the molecule is CNC(=O)c1c(Nc2cc(Nc3c(C)nn(C)c3C)ncc2C(F)(F)F)cccc1OC. The highest BCUT2D eigenvalue weighted by Gasteiger charge is 2.35. The van der Waals surface area contributed by atoms with Crippen molar-refractivity contribution >= 4 is 28.8 Å². The van der Waals surface area contributed by atoms with Crippen LogP contribution in [0.25, 0.3) is 0 Å². The van der Waals surface area contributed by atoms with Crippen molar-refractivity contribution in [3.05, 3.63) is 53.0 Å². The summed E-state index contributed by atoms with van der Waals surface area (Å²) in [5.74, 6) is -0.103. The van der Waals surface area contributed by atoms with Crippen molar-refractivity contribution in [2.45, 2.75) is 20.0 Å². The zero-order valence-corrected chi connectivity index (χ0v) is 18.2. The Morgan fingerprint density at radius 1 is 1.16 bits per heavy atom. The van der Waals surface area contributed by atoms with Gasteiger partial charge in [0.05, 0.1) is 41.1 Å². The second kappa shape index (κ2) is 8.77. The van der Waals surface area contributed by atoms with E-state index in [1.165, 1.54) is 26.3 Å². The van der Waals surface area contributed by atoms with E-state index < -0.39 is 17.6 Å². The van der Waals surface area contributed by atoms with Crippen molar-refractivity contribution in [2.24, 2.45) is 7.05 Å². The predicted molar refractivity (Wildman–Crippen MR) is 115 cm³/mol. The normalized spacial score (nSPS) is 11.2. The number of amides is 1. The standard InChI is InChI=1S/C21H23F3N6O2/c1-11-19(12(2)30(4)29-11)28-17-9-15(13(10-26-17)21(22,23)24)27-14-7-6-8-16(32-5)18(14)20(31)25-3/h6-10H,1-5H3,(H,25,31)(H2,26,27,28). The molecule has 0 unspecified atom stereocenters. The molecule has 2 aromatic heterocycles. The van der Waals surface area contributed by atoms with Crippen molar-refractivity contribution < 1.29 is 22.7 Å². The first kappa shape index (κ1) is 22.9. The van der Waals surface area contributed by atoms with Gasteiger partial charge >= 0.3 is 6.18 Å². The number of hydrogen-bond acceptors (Lipinski definition) is 6. The fourth-order valence-corrected chi connectivity index (χ4v) is 3.25. The summed E-state index contributed by atoms with van der Waals surface area (Å²) in [5.41, 5.74) is 1.11. The lowest BCUT2D eigenvalue weighted by atomic mass is 10.1. The number of nitrogens with zero attached hydrogens (tertiary/aromatic N) is 3. The first-order valence-electron chi connectivity index (χ1n) is 9.57. The molecule has 3 N–H and O–H groups in total. The lowest BCUT2D eigenvalue weighted by Gasteiger charge is -2.19. The molecule has 0 saturated heterocycles. The Morgan fingerprint density at radius 2 is 1.88 bits per heavy atom. The first-order valence-corrected chi connectivity index (χ1v) is 9.57. The third-order valence-corrected chi connectivity index (χ3v) is 4.94. The number of anilines is 4. The molecule has 11 heteroatoms. The molecule has 3 aromatic rings. The number of rotatable bonds is 6. The maximum absolute atomic E-state index is 13.7. The maximum atomic E-state index is 13.7. The lowest BCUT2D eigenvalue weighted by molar-refractivity contribution is -0.137. The zero-order valence-electron chi connectivity index (χ0n) is 18.2. The Balaban J connectivity index is 2.09. The monoisotopic (exact) mass is 448 g/mol. The summed E-state index contributed by atoms with van der Waals surface area (Å²) < 4.78 is 48.0. The summed E-state index contributed by atoms with van der Waals surface area (Å²) in [5, 5.41) is 12.5. The van der Waals surface area contributed by atoms with Gasteiger partial charge in [0.1, 0.15) is 17.1 Å². The Kier molecular flexibility index (Phi) is 6.28. The Bertz CT molecular complexity index is 1160. The van der Waals surface area contributed by atoms with E-state index in [9.17, 15) is 18.0 Å². The van der Waals surface area contributed by atoms with Crippen LogP contribution in [-0.2, 0) is 13.2 Å². The topological polar surface area (TPSA) is 93.1 Å². The van der Waals surface area contributed by atoms with Gasteiger partial charge < -0.3 is 20.7 Å². The molecule has 170 valence electrons. The smallest absolute Gasteiger partial charge is 0.419 e. The number of pyridine rings is 1. The molecule has 0 aliphatic heterocycles. The van der Waals surface area contributed by atoms with Gasteiger partial charge in [-0.25, -0.2) is 4.98 Å². The number of methoxy groups -OCH3 is 1.